The topological polar surface area (TPSA) is 57.6 Å². The molecule has 2 rings (SSSR count). The molecule has 5 heteroatoms. The van der Waals surface area contributed by atoms with Crippen molar-refractivity contribution >= 4 is 11.6 Å². The van der Waals surface area contributed by atoms with Gasteiger partial charge in [0.05, 0.1) is 11.5 Å². The molecule has 1 aromatic rings. The summed E-state index contributed by atoms with van der Waals surface area (Å²) in [6.07, 6.45) is 1.63. The number of Topliss-reactive ketones (excluding diaryl/α,β-unsaturated/α-hetero) is 2. The van der Waals surface area contributed by atoms with Crippen LogP contribution in [-0.2, 0) is 4.79 Å². The fraction of sp³-hybridized carbons (Fsp3) is 0.556. The van der Waals surface area contributed by atoms with E-state index in [2.05, 4.69) is 4.90 Å². The van der Waals surface area contributed by atoms with E-state index in [1.54, 1.807) is 6.92 Å². The van der Waals surface area contributed by atoms with E-state index in [1.807, 2.05) is 0 Å². The molecular formula is C18H24FNO3. The molecule has 1 aromatic carbocycles. The summed E-state index contributed by atoms with van der Waals surface area (Å²) >= 11 is 0. The molecule has 1 saturated heterocycles. The fourth-order valence-electron chi connectivity index (χ4n) is 3.12. The van der Waals surface area contributed by atoms with Crippen LogP contribution in [0, 0.1) is 11.7 Å². The molecule has 23 heavy (non-hydrogen) atoms. The van der Waals surface area contributed by atoms with Crippen LogP contribution in [0.4, 0.5) is 4.39 Å². The fourth-order valence-corrected chi connectivity index (χ4v) is 3.12. The van der Waals surface area contributed by atoms with Gasteiger partial charge in [0.15, 0.2) is 5.78 Å². The summed E-state index contributed by atoms with van der Waals surface area (Å²) in [5.74, 6) is -0.722. The first-order valence-corrected chi connectivity index (χ1v) is 8.03. The lowest BCUT2D eigenvalue weighted by molar-refractivity contribution is -0.135. The number of carbonyl (C=O) groups excluding carboxylic acids is 2. The summed E-state index contributed by atoms with van der Waals surface area (Å²) in [6.45, 7) is 5.20. The van der Waals surface area contributed by atoms with Crippen LogP contribution in [0.1, 0.15) is 43.5 Å². The second-order valence-corrected chi connectivity index (χ2v) is 6.60. The standard InChI is InChI=1S/C18H24FNO3/c1-13(21)16-12-20(11-9-18(16,2)23)10-3-4-17(22)14-5-7-15(19)8-6-14/h5-8,16,23H,3-4,9-12H2,1-2H3/t16-,18+/m1/s1. The van der Waals surface area contributed by atoms with Gasteiger partial charge in [-0.3, -0.25) is 9.59 Å². The van der Waals surface area contributed by atoms with Crippen molar-refractivity contribution in [1.82, 2.24) is 4.90 Å². The largest absolute Gasteiger partial charge is 0.389 e. The highest BCUT2D eigenvalue weighted by atomic mass is 19.1. The molecule has 0 aliphatic carbocycles. The Morgan fingerprint density at radius 3 is 2.61 bits per heavy atom. The van der Waals surface area contributed by atoms with E-state index in [0.717, 1.165) is 6.54 Å². The maximum Gasteiger partial charge on any atom is 0.162 e. The Bertz CT molecular complexity index is 568. The molecular weight excluding hydrogens is 297 g/mol. The molecule has 0 amide bonds. The highest BCUT2D eigenvalue weighted by Crippen LogP contribution is 2.28. The van der Waals surface area contributed by atoms with Gasteiger partial charge >= 0.3 is 0 Å². The lowest BCUT2D eigenvalue weighted by Crippen LogP contribution is -2.52. The maximum absolute atomic E-state index is 12.8. The van der Waals surface area contributed by atoms with E-state index in [0.29, 0.717) is 37.9 Å². The molecule has 0 unspecified atom stereocenters. The summed E-state index contributed by atoms with van der Waals surface area (Å²) in [7, 11) is 0. The number of ketones is 2. The minimum atomic E-state index is -0.938. The van der Waals surface area contributed by atoms with E-state index in [9.17, 15) is 19.1 Å². The monoisotopic (exact) mass is 321 g/mol. The zero-order valence-corrected chi connectivity index (χ0v) is 13.7. The van der Waals surface area contributed by atoms with Gasteiger partial charge in [0.25, 0.3) is 0 Å². The number of benzene rings is 1. The number of piperidine rings is 1. The van der Waals surface area contributed by atoms with Gasteiger partial charge in [-0.25, -0.2) is 4.39 Å². The average molecular weight is 321 g/mol. The summed E-state index contributed by atoms with van der Waals surface area (Å²) < 4.78 is 12.8. The van der Waals surface area contributed by atoms with Crippen molar-refractivity contribution < 1.29 is 19.1 Å². The molecule has 1 aliphatic rings. The molecule has 0 aromatic heterocycles. The number of halogens is 1. The lowest BCUT2D eigenvalue weighted by Gasteiger charge is -2.41. The molecule has 1 heterocycles. The van der Waals surface area contributed by atoms with Crippen LogP contribution in [-0.4, -0.2) is 46.8 Å². The van der Waals surface area contributed by atoms with Crippen LogP contribution in [0.3, 0.4) is 0 Å². The van der Waals surface area contributed by atoms with Gasteiger partial charge in [0.2, 0.25) is 0 Å². The van der Waals surface area contributed by atoms with Crippen molar-refractivity contribution in [2.45, 2.75) is 38.7 Å². The minimum Gasteiger partial charge on any atom is -0.389 e. The van der Waals surface area contributed by atoms with Gasteiger partial charge in [0.1, 0.15) is 11.6 Å². The van der Waals surface area contributed by atoms with Gasteiger partial charge in [-0.1, -0.05) is 0 Å². The van der Waals surface area contributed by atoms with Gasteiger partial charge in [-0.05, 0) is 57.5 Å². The van der Waals surface area contributed by atoms with Gasteiger partial charge < -0.3 is 10.0 Å². The van der Waals surface area contributed by atoms with Crippen molar-refractivity contribution in [1.29, 1.82) is 0 Å². The normalized spacial score (nSPS) is 25.3. The first kappa shape index (κ1) is 17.8. The van der Waals surface area contributed by atoms with E-state index < -0.39 is 5.60 Å². The lowest BCUT2D eigenvalue weighted by atomic mass is 9.80. The molecule has 0 bridgehead atoms. The molecule has 1 aliphatic heterocycles. The highest BCUT2D eigenvalue weighted by molar-refractivity contribution is 5.95. The summed E-state index contributed by atoms with van der Waals surface area (Å²) in [6, 6.07) is 5.58. The Morgan fingerprint density at radius 2 is 2.00 bits per heavy atom. The average Bonchev–Trinajstić information content (AvgIpc) is 2.48. The SMILES string of the molecule is CC(=O)[C@H]1CN(CCCC(=O)c2ccc(F)cc2)CC[C@]1(C)O. The van der Waals surface area contributed by atoms with Crippen LogP contribution >= 0.6 is 0 Å². The summed E-state index contributed by atoms with van der Waals surface area (Å²) in [4.78, 5) is 25.8. The molecule has 0 radical (unpaired) electrons. The number of rotatable bonds is 6. The Balaban J connectivity index is 1.81. The number of nitrogens with zero attached hydrogens (tertiary/aromatic N) is 1. The molecule has 4 nitrogen and oxygen atoms in total. The highest BCUT2D eigenvalue weighted by Gasteiger charge is 2.39. The van der Waals surface area contributed by atoms with Crippen LogP contribution in [0.15, 0.2) is 24.3 Å². The van der Waals surface area contributed by atoms with Crippen molar-refractivity contribution in [3.8, 4) is 0 Å². The quantitative estimate of drug-likeness (QED) is 0.818. The predicted molar refractivity (Wildman–Crippen MR) is 85.8 cm³/mol. The minimum absolute atomic E-state index is 0.00193. The Kier molecular flexibility index (Phi) is 5.65. The van der Waals surface area contributed by atoms with Crippen molar-refractivity contribution in [2.24, 2.45) is 5.92 Å². The molecule has 126 valence electrons. The molecule has 2 atom stereocenters. The first-order valence-electron chi connectivity index (χ1n) is 8.03. The number of hydrogen-bond donors (Lipinski definition) is 1. The van der Waals surface area contributed by atoms with Gasteiger partial charge in [-0.2, -0.15) is 0 Å². The number of likely N-dealkylation sites (tertiary alicyclic amines) is 1. The number of aliphatic hydroxyl groups is 1. The Hall–Kier alpha value is -1.59. The third-order valence-electron chi connectivity index (χ3n) is 4.66. The van der Waals surface area contributed by atoms with Gasteiger partial charge in [-0.15, -0.1) is 0 Å². The number of hydrogen-bond acceptors (Lipinski definition) is 4. The van der Waals surface area contributed by atoms with Crippen LogP contribution in [0.2, 0.25) is 0 Å². The smallest absolute Gasteiger partial charge is 0.162 e. The molecule has 1 fully saturated rings. The van der Waals surface area contributed by atoms with Crippen molar-refractivity contribution in [3.63, 3.8) is 0 Å². The van der Waals surface area contributed by atoms with E-state index in [1.165, 1.54) is 31.2 Å². The summed E-state index contributed by atoms with van der Waals surface area (Å²) in [5, 5.41) is 10.3. The zero-order valence-electron chi connectivity index (χ0n) is 13.7. The predicted octanol–water partition coefficient (Wildman–Crippen LogP) is 2.45. The third kappa shape index (κ3) is 4.69. The second-order valence-electron chi connectivity index (χ2n) is 6.60. The van der Waals surface area contributed by atoms with Gasteiger partial charge in [0, 0.05) is 25.1 Å². The first-order chi connectivity index (χ1) is 10.8. The Labute approximate surface area is 136 Å². The molecule has 0 saturated carbocycles. The zero-order chi connectivity index (χ0) is 17.0. The molecule has 1 N–H and O–H groups in total. The molecule has 0 spiro atoms. The van der Waals surface area contributed by atoms with Crippen LogP contribution in [0.25, 0.3) is 0 Å². The van der Waals surface area contributed by atoms with Crippen LogP contribution < -0.4 is 0 Å². The maximum atomic E-state index is 12.8. The number of carbonyl (C=O) groups is 2. The van der Waals surface area contributed by atoms with Crippen molar-refractivity contribution in [3.05, 3.63) is 35.6 Å². The third-order valence-corrected chi connectivity index (χ3v) is 4.66. The van der Waals surface area contributed by atoms with Crippen LogP contribution in [0.5, 0.6) is 0 Å². The van der Waals surface area contributed by atoms with E-state index in [4.69, 9.17) is 0 Å². The van der Waals surface area contributed by atoms with E-state index >= 15 is 0 Å². The van der Waals surface area contributed by atoms with E-state index in [-0.39, 0.29) is 23.3 Å². The summed E-state index contributed by atoms with van der Waals surface area (Å²) in [5.41, 5.74) is -0.415. The Morgan fingerprint density at radius 1 is 1.35 bits per heavy atom. The second kappa shape index (κ2) is 7.32. The van der Waals surface area contributed by atoms with Crippen molar-refractivity contribution in [2.75, 3.05) is 19.6 Å².